The highest BCUT2D eigenvalue weighted by atomic mass is 19.1. The van der Waals surface area contributed by atoms with Gasteiger partial charge in [0.1, 0.15) is 11.6 Å². The minimum atomic E-state index is -0.919. The fraction of sp³-hybridized carbons (Fsp3) is 0.381. The largest absolute Gasteiger partial charge is 0.338 e. The number of alkyl halides is 1. The van der Waals surface area contributed by atoms with Gasteiger partial charge >= 0.3 is 0 Å². The van der Waals surface area contributed by atoms with Crippen LogP contribution in [0, 0.1) is 12.8 Å². The molecule has 2 aromatic heterocycles. The Morgan fingerprint density at radius 3 is 2.79 bits per heavy atom. The van der Waals surface area contributed by atoms with Gasteiger partial charge < -0.3 is 15.2 Å². The molecule has 1 aromatic carbocycles. The first-order valence-electron chi connectivity index (χ1n) is 9.89. The lowest BCUT2D eigenvalue weighted by atomic mass is 10.0. The number of benzene rings is 1. The molecule has 1 aliphatic heterocycles. The van der Waals surface area contributed by atoms with E-state index in [-0.39, 0.29) is 24.6 Å². The second-order valence-electron chi connectivity index (χ2n) is 8.00. The fourth-order valence-electron chi connectivity index (χ4n) is 3.79. The van der Waals surface area contributed by atoms with Crippen molar-refractivity contribution in [2.24, 2.45) is 5.92 Å². The molecular formula is C21H22FN5O2. The molecule has 0 unspecified atom stereocenters. The molecule has 2 N–H and O–H groups in total. The number of H-pyrrole nitrogens is 1. The smallest absolute Gasteiger partial charge is 0.261 e. The summed E-state index contributed by atoms with van der Waals surface area (Å²) >= 11 is 0. The van der Waals surface area contributed by atoms with Gasteiger partial charge in [-0.2, -0.15) is 5.10 Å². The third kappa shape index (κ3) is 3.28. The lowest BCUT2D eigenvalue weighted by molar-refractivity contribution is 0.0399. The molecule has 5 rings (SSSR count). The Balaban J connectivity index is 1.44. The van der Waals surface area contributed by atoms with Crippen molar-refractivity contribution in [3.8, 4) is 0 Å². The number of pyridine rings is 1. The van der Waals surface area contributed by atoms with Gasteiger partial charge in [0.25, 0.3) is 11.5 Å². The lowest BCUT2D eigenvalue weighted by Gasteiger charge is -2.34. The van der Waals surface area contributed by atoms with Gasteiger partial charge in [-0.25, -0.2) is 4.39 Å². The minimum absolute atomic E-state index is 0.154. The maximum absolute atomic E-state index is 13.1. The SMILES string of the molecule is Cc1cc(Nc2nn(CC3CC3)c3cc[nH]c(=O)c23)ccc1C(=O)N1CC(F)C1. The van der Waals surface area contributed by atoms with E-state index in [9.17, 15) is 14.0 Å². The quantitative estimate of drug-likeness (QED) is 0.696. The Morgan fingerprint density at radius 2 is 2.10 bits per heavy atom. The molecule has 2 aliphatic rings. The summed E-state index contributed by atoms with van der Waals surface area (Å²) in [6.45, 7) is 2.97. The number of hydrogen-bond acceptors (Lipinski definition) is 4. The van der Waals surface area contributed by atoms with Crippen molar-refractivity contribution in [1.82, 2.24) is 19.7 Å². The molecule has 1 saturated carbocycles. The van der Waals surface area contributed by atoms with Crippen LogP contribution in [0.3, 0.4) is 0 Å². The average molecular weight is 395 g/mol. The molecule has 2 fully saturated rings. The number of nitrogens with zero attached hydrogens (tertiary/aromatic N) is 3. The van der Waals surface area contributed by atoms with Crippen molar-refractivity contribution < 1.29 is 9.18 Å². The second kappa shape index (κ2) is 6.72. The van der Waals surface area contributed by atoms with E-state index < -0.39 is 6.17 Å². The van der Waals surface area contributed by atoms with Crippen molar-refractivity contribution in [3.63, 3.8) is 0 Å². The summed E-state index contributed by atoms with van der Waals surface area (Å²) in [4.78, 5) is 29.1. The molecule has 3 heterocycles. The first-order valence-corrected chi connectivity index (χ1v) is 9.89. The van der Waals surface area contributed by atoms with Crippen LogP contribution in [0.25, 0.3) is 10.9 Å². The summed E-state index contributed by atoms with van der Waals surface area (Å²) < 4.78 is 15.0. The minimum Gasteiger partial charge on any atom is -0.338 e. The van der Waals surface area contributed by atoms with Gasteiger partial charge in [0.15, 0.2) is 5.82 Å². The van der Waals surface area contributed by atoms with E-state index in [2.05, 4.69) is 15.4 Å². The summed E-state index contributed by atoms with van der Waals surface area (Å²) in [7, 11) is 0. The van der Waals surface area contributed by atoms with Crippen molar-refractivity contribution in [1.29, 1.82) is 0 Å². The van der Waals surface area contributed by atoms with Crippen LogP contribution in [0.2, 0.25) is 0 Å². The molecular weight excluding hydrogens is 373 g/mol. The first kappa shape index (κ1) is 17.9. The monoisotopic (exact) mass is 395 g/mol. The lowest BCUT2D eigenvalue weighted by Crippen LogP contribution is -2.51. The Kier molecular flexibility index (Phi) is 4.15. The van der Waals surface area contributed by atoms with Crippen LogP contribution in [0.4, 0.5) is 15.9 Å². The van der Waals surface area contributed by atoms with Crippen LogP contribution in [-0.2, 0) is 6.54 Å². The molecule has 0 radical (unpaired) electrons. The van der Waals surface area contributed by atoms with Crippen LogP contribution < -0.4 is 10.9 Å². The van der Waals surface area contributed by atoms with E-state index in [4.69, 9.17) is 0 Å². The molecule has 7 nitrogen and oxygen atoms in total. The maximum Gasteiger partial charge on any atom is 0.261 e. The third-order valence-corrected chi connectivity index (χ3v) is 5.65. The molecule has 0 spiro atoms. The van der Waals surface area contributed by atoms with Crippen LogP contribution in [0.1, 0.15) is 28.8 Å². The van der Waals surface area contributed by atoms with Crippen LogP contribution >= 0.6 is 0 Å². The van der Waals surface area contributed by atoms with Gasteiger partial charge in [0.05, 0.1) is 18.6 Å². The molecule has 3 aromatic rings. The number of carbonyl (C=O) groups excluding carboxylic acids is 1. The van der Waals surface area contributed by atoms with Crippen molar-refractivity contribution in [3.05, 3.63) is 51.9 Å². The second-order valence-corrected chi connectivity index (χ2v) is 8.00. The zero-order chi connectivity index (χ0) is 20.1. The van der Waals surface area contributed by atoms with E-state index in [0.29, 0.717) is 22.7 Å². The van der Waals surface area contributed by atoms with E-state index >= 15 is 0 Å². The fourth-order valence-corrected chi connectivity index (χ4v) is 3.79. The van der Waals surface area contributed by atoms with E-state index in [1.165, 1.54) is 17.7 Å². The number of anilines is 2. The molecule has 0 atom stereocenters. The number of aromatic amines is 1. The van der Waals surface area contributed by atoms with Crippen LogP contribution in [0.5, 0.6) is 0 Å². The molecule has 29 heavy (non-hydrogen) atoms. The van der Waals surface area contributed by atoms with Crippen molar-refractivity contribution >= 4 is 28.3 Å². The number of nitrogens with one attached hydrogen (secondary N) is 2. The highest BCUT2D eigenvalue weighted by Crippen LogP contribution is 2.33. The number of rotatable bonds is 5. The van der Waals surface area contributed by atoms with Gasteiger partial charge in [-0.3, -0.25) is 14.3 Å². The number of aromatic nitrogens is 3. The number of aryl methyl sites for hydroxylation is 1. The number of amides is 1. The molecule has 0 bridgehead atoms. The number of likely N-dealkylation sites (tertiary alicyclic amines) is 1. The summed E-state index contributed by atoms with van der Waals surface area (Å²) in [5, 5.41) is 8.40. The van der Waals surface area contributed by atoms with E-state index in [0.717, 1.165) is 23.3 Å². The van der Waals surface area contributed by atoms with E-state index in [1.54, 1.807) is 18.3 Å². The van der Waals surface area contributed by atoms with Crippen LogP contribution in [0.15, 0.2) is 35.3 Å². The standard InChI is InChI=1S/C21H22FN5O2/c1-12-8-15(4-5-16(12)21(29)26-10-14(22)11-26)24-19-18-17(6-7-23-20(18)28)27(25-19)9-13-2-3-13/h4-8,13-14H,2-3,9-11H2,1H3,(H,23,28)(H,24,25). The number of carbonyl (C=O) groups is 1. The Labute approximate surface area is 166 Å². The molecule has 8 heteroatoms. The predicted molar refractivity (Wildman–Crippen MR) is 108 cm³/mol. The predicted octanol–water partition coefficient (Wildman–Crippen LogP) is 2.98. The average Bonchev–Trinajstić information content (AvgIpc) is 3.41. The topological polar surface area (TPSA) is 83.0 Å². The third-order valence-electron chi connectivity index (χ3n) is 5.65. The zero-order valence-corrected chi connectivity index (χ0v) is 16.1. The highest BCUT2D eigenvalue weighted by Gasteiger charge is 2.31. The van der Waals surface area contributed by atoms with Crippen molar-refractivity contribution in [2.75, 3.05) is 18.4 Å². The van der Waals surface area contributed by atoms with Crippen LogP contribution in [-0.4, -0.2) is 44.8 Å². The van der Waals surface area contributed by atoms with Crippen molar-refractivity contribution in [2.45, 2.75) is 32.5 Å². The molecule has 1 aliphatic carbocycles. The number of fused-ring (bicyclic) bond motifs is 1. The van der Waals surface area contributed by atoms with Gasteiger partial charge in [-0.1, -0.05) is 0 Å². The summed E-state index contributed by atoms with van der Waals surface area (Å²) in [5.41, 5.74) is 2.72. The molecule has 1 amide bonds. The summed E-state index contributed by atoms with van der Waals surface area (Å²) in [6, 6.07) is 7.24. The normalized spacial score (nSPS) is 16.8. The first-order chi connectivity index (χ1) is 14.0. The van der Waals surface area contributed by atoms with E-state index in [1.807, 2.05) is 23.7 Å². The maximum atomic E-state index is 13.1. The Bertz CT molecular complexity index is 1160. The summed E-state index contributed by atoms with van der Waals surface area (Å²) in [5.74, 6) is 0.978. The highest BCUT2D eigenvalue weighted by molar-refractivity contribution is 5.97. The Morgan fingerprint density at radius 1 is 1.31 bits per heavy atom. The Hall–Kier alpha value is -3.16. The van der Waals surface area contributed by atoms with Gasteiger partial charge in [0, 0.05) is 24.0 Å². The summed E-state index contributed by atoms with van der Waals surface area (Å²) in [6.07, 6.45) is 3.11. The zero-order valence-electron chi connectivity index (χ0n) is 16.1. The van der Waals surface area contributed by atoms with Gasteiger partial charge in [0.2, 0.25) is 0 Å². The number of halogens is 1. The van der Waals surface area contributed by atoms with Gasteiger partial charge in [-0.05, 0) is 55.5 Å². The number of hydrogen-bond donors (Lipinski definition) is 2. The molecule has 1 saturated heterocycles. The molecule has 150 valence electrons. The van der Waals surface area contributed by atoms with Gasteiger partial charge in [-0.15, -0.1) is 0 Å².